The zero-order valence-electron chi connectivity index (χ0n) is 27.0. The Bertz CT molecular complexity index is 2460. The number of ether oxygens (including phenoxy) is 1. The molecule has 1 spiro atoms. The largest absolute Gasteiger partial charge is 0.457 e. The molecule has 0 atom stereocenters. The maximum Gasteiger partial charge on any atom is 0.164 e. The topological polar surface area (TPSA) is 47.9 Å². The summed E-state index contributed by atoms with van der Waals surface area (Å²) in [6.07, 6.45) is 0. The van der Waals surface area contributed by atoms with Crippen molar-refractivity contribution in [1.82, 2.24) is 15.0 Å². The van der Waals surface area contributed by atoms with Gasteiger partial charge < -0.3 is 4.74 Å². The van der Waals surface area contributed by atoms with Gasteiger partial charge in [-0.3, -0.25) is 0 Å². The van der Waals surface area contributed by atoms with Crippen molar-refractivity contribution in [1.29, 1.82) is 0 Å². The number of para-hydroxylation sites is 1. The molecule has 0 saturated heterocycles. The molecule has 0 saturated carbocycles. The van der Waals surface area contributed by atoms with Crippen LogP contribution in [-0.2, 0) is 5.41 Å². The number of benzene rings is 7. The van der Waals surface area contributed by atoms with E-state index in [1.807, 2.05) is 60.7 Å². The zero-order valence-corrected chi connectivity index (χ0v) is 27.0. The van der Waals surface area contributed by atoms with E-state index >= 15 is 0 Å². The first-order chi connectivity index (χ1) is 24.8. The summed E-state index contributed by atoms with van der Waals surface area (Å²) in [5.41, 5.74) is 12.0. The number of hydrogen-bond donors (Lipinski definition) is 0. The Labute approximate surface area is 290 Å². The van der Waals surface area contributed by atoms with Crippen LogP contribution < -0.4 is 4.74 Å². The highest BCUT2D eigenvalue weighted by atomic mass is 16.5. The van der Waals surface area contributed by atoms with Crippen molar-refractivity contribution in [3.63, 3.8) is 0 Å². The first-order valence-corrected chi connectivity index (χ1v) is 16.9. The molecule has 1 aliphatic heterocycles. The van der Waals surface area contributed by atoms with Crippen molar-refractivity contribution in [2.24, 2.45) is 0 Å². The average Bonchev–Trinajstić information content (AvgIpc) is 3.49. The van der Waals surface area contributed by atoms with E-state index in [-0.39, 0.29) is 0 Å². The molecule has 0 amide bonds. The number of fused-ring (bicyclic) bond motifs is 9. The maximum absolute atomic E-state index is 6.63. The molecule has 7 aromatic carbocycles. The van der Waals surface area contributed by atoms with Crippen molar-refractivity contribution in [3.8, 4) is 67.9 Å². The highest BCUT2D eigenvalue weighted by Gasteiger charge is 2.50. The third kappa shape index (κ3) is 4.28. The Balaban J connectivity index is 1.11. The van der Waals surface area contributed by atoms with Gasteiger partial charge in [-0.2, -0.15) is 0 Å². The van der Waals surface area contributed by atoms with Crippen molar-refractivity contribution >= 4 is 0 Å². The number of nitrogens with zero attached hydrogens (tertiary/aromatic N) is 3. The SMILES string of the molecule is c1ccc(-c2nc(-c3ccccc3)nc(-c3ccc(-c4ccc5c(c4)C4(c6ccccc6O5)c5ccccc5-c5ccccc54)cc3)n2)cc1. The van der Waals surface area contributed by atoms with E-state index < -0.39 is 5.41 Å². The van der Waals surface area contributed by atoms with Crippen LogP contribution in [0.15, 0.2) is 176 Å². The summed E-state index contributed by atoms with van der Waals surface area (Å²) in [7, 11) is 0. The van der Waals surface area contributed by atoms with Crippen molar-refractivity contribution in [2.75, 3.05) is 0 Å². The molecule has 0 radical (unpaired) electrons. The van der Waals surface area contributed by atoms with Crippen LogP contribution in [0, 0.1) is 0 Å². The van der Waals surface area contributed by atoms with Crippen molar-refractivity contribution in [3.05, 3.63) is 198 Å². The summed E-state index contributed by atoms with van der Waals surface area (Å²) in [4.78, 5) is 14.7. The fourth-order valence-electron chi connectivity index (χ4n) is 7.79. The Morgan fingerprint density at radius 3 is 1.32 bits per heavy atom. The van der Waals surface area contributed by atoms with Crippen LogP contribution in [0.3, 0.4) is 0 Å². The van der Waals surface area contributed by atoms with Crippen LogP contribution in [0.25, 0.3) is 56.4 Å². The molecule has 4 nitrogen and oxygen atoms in total. The predicted molar refractivity (Wildman–Crippen MR) is 199 cm³/mol. The smallest absolute Gasteiger partial charge is 0.164 e. The summed E-state index contributed by atoms with van der Waals surface area (Å²) in [5, 5.41) is 0. The molecule has 50 heavy (non-hydrogen) atoms. The predicted octanol–water partition coefficient (Wildman–Crippen LogP) is 11.0. The Kier molecular flexibility index (Phi) is 6.36. The van der Waals surface area contributed by atoms with Crippen molar-refractivity contribution < 1.29 is 4.74 Å². The minimum Gasteiger partial charge on any atom is -0.457 e. The van der Waals surface area contributed by atoms with Crippen LogP contribution in [0.5, 0.6) is 11.5 Å². The van der Waals surface area contributed by atoms with Crippen molar-refractivity contribution in [2.45, 2.75) is 5.41 Å². The van der Waals surface area contributed by atoms with E-state index in [0.29, 0.717) is 17.5 Å². The van der Waals surface area contributed by atoms with Gasteiger partial charge in [0.2, 0.25) is 0 Å². The molecular formula is C46H29N3O. The Morgan fingerprint density at radius 2 is 0.740 bits per heavy atom. The molecule has 10 rings (SSSR count). The van der Waals surface area contributed by atoms with E-state index in [1.165, 1.54) is 22.3 Å². The van der Waals surface area contributed by atoms with Gasteiger partial charge in [0.15, 0.2) is 17.5 Å². The minimum atomic E-state index is -0.500. The van der Waals surface area contributed by atoms with Crippen LogP contribution in [0.2, 0.25) is 0 Å². The van der Waals surface area contributed by atoms with E-state index in [1.54, 1.807) is 0 Å². The van der Waals surface area contributed by atoms with Crippen LogP contribution in [0.4, 0.5) is 0 Å². The Morgan fingerprint density at radius 1 is 0.320 bits per heavy atom. The van der Waals surface area contributed by atoms with Gasteiger partial charge in [-0.15, -0.1) is 0 Å². The second-order valence-corrected chi connectivity index (χ2v) is 12.8. The molecule has 4 heteroatoms. The van der Waals surface area contributed by atoms with Gasteiger partial charge in [-0.25, -0.2) is 15.0 Å². The lowest BCUT2D eigenvalue weighted by molar-refractivity contribution is 0.436. The highest BCUT2D eigenvalue weighted by molar-refractivity contribution is 5.89. The molecule has 0 N–H and O–H groups in total. The quantitative estimate of drug-likeness (QED) is 0.192. The first kappa shape index (κ1) is 28.4. The maximum atomic E-state index is 6.63. The molecular weight excluding hydrogens is 611 g/mol. The lowest BCUT2D eigenvalue weighted by Crippen LogP contribution is -2.32. The zero-order chi connectivity index (χ0) is 33.1. The van der Waals surface area contributed by atoms with Gasteiger partial charge in [-0.05, 0) is 51.6 Å². The molecule has 234 valence electrons. The van der Waals surface area contributed by atoms with E-state index in [0.717, 1.165) is 50.4 Å². The third-order valence-corrected chi connectivity index (χ3v) is 10.0. The van der Waals surface area contributed by atoms with E-state index in [2.05, 4.69) is 115 Å². The minimum absolute atomic E-state index is 0.500. The second kappa shape index (κ2) is 11.2. The first-order valence-electron chi connectivity index (χ1n) is 16.9. The molecule has 8 aromatic rings. The molecule has 0 fully saturated rings. The van der Waals surface area contributed by atoms with Gasteiger partial charge in [0.05, 0.1) is 5.41 Å². The summed E-state index contributed by atoms with van der Waals surface area (Å²) in [5.74, 6) is 3.71. The van der Waals surface area contributed by atoms with Gasteiger partial charge in [-0.1, -0.05) is 158 Å². The second-order valence-electron chi connectivity index (χ2n) is 12.8. The van der Waals surface area contributed by atoms with Crippen LogP contribution in [0.1, 0.15) is 22.3 Å². The monoisotopic (exact) mass is 639 g/mol. The number of aromatic nitrogens is 3. The van der Waals surface area contributed by atoms with Gasteiger partial charge in [0.25, 0.3) is 0 Å². The van der Waals surface area contributed by atoms with Gasteiger partial charge in [0, 0.05) is 27.8 Å². The van der Waals surface area contributed by atoms with E-state index in [9.17, 15) is 0 Å². The summed E-state index contributed by atoms with van der Waals surface area (Å²) < 4.78 is 6.63. The van der Waals surface area contributed by atoms with E-state index in [4.69, 9.17) is 19.7 Å². The van der Waals surface area contributed by atoms with Crippen LogP contribution in [-0.4, -0.2) is 15.0 Å². The normalized spacial score (nSPS) is 13.1. The number of hydrogen-bond acceptors (Lipinski definition) is 4. The molecule has 1 aromatic heterocycles. The summed E-state index contributed by atoms with van der Waals surface area (Å²) in [6.45, 7) is 0. The molecule has 1 aliphatic carbocycles. The lowest BCUT2D eigenvalue weighted by Gasteiger charge is -2.39. The fourth-order valence-corrected chi connectivity index (χ4v) is 7.79. The fraction of sp³-hybridized carbons (Fsp3) is 0.0217. The van der Waals surface area contributed by atoms with Gasteiger partial charge in [0.1, 0.15) is 11.5 Å². The standard InChI is InChI=1S/C46H29N3O/c1-3-13-31(14-4-1)43-47-44(32-15-5-2-6-16-32)49-45(48-43)33-25-23-30(24-26-33)34-27-28-42-40(29-34)46(39-21-11-12-22-41(39)50-42)37-19-9-7-17-35(37)36-18-8-10-20-38(36)46/h1-29H. The molecule has 0 unspecified atom stereocenters. The van der Waals surface area contributed by atoms with Crippen LogP contribution >= 0.6 is 0 Å². The summed E-state index contributed by atoms with van der Waals surface area (Å²) >= 11 is 0. The number of rotatable bonds is 4. The van der Waals surface area contributed by atoms with Gasteiger partial charge >= 0.3 is 0 Å². The molecule has 0 bridgehead atoms. The Hall–Kier alpha value is -6.65. The average molecular weight is 640 g/mol. The molecule has 2 heterocycles. The lowest BCUT2D eigenvalue weighted by atomic mass is 9.66. The highest BCUT2D eigenvalue weighted by Crippen LogP contribution is 2.62. The molecule has 2 aliphatic rings. The third-order valence-electron chi connectivity index (χ3n) is 10.0. The summed E-state index contributed by atoms with van der Waals surface area (Å²) in [6, 6.07) is 61.4.